The van der Waals surface area contributed by atoms with Gasteiger partial charge in [0.2, 0.25) is 0 Å². The van der Waals surface area contributed by atoms with Gasteiger partial charge in [0, 0.05) is 0 Å². The van der Waals surface area contributed by atoms with Gasteiger partial charge in [-0.2, -0.15) is 0 Å². The van der Waals surface area contributed by atoms with Crippen LogP contribution in [-0.2, 0) is 23.7 Å². The Morgan fingerprint density at radius 2 is 1.09 bits per heavy atom. The number of aliphatic hydroxyl groups excluding tert-OH is 7. The van der Waals surface area contributed by atoms with Crippen LogP contribution in [0.15, 0.2) is 0 Å². The SMILES string of the molecule is CC(C)(C)OC1O[C@H](CO)[C@@H](O)[C@H](O)[C@H]1O.CC(C)(C)O[C@@H]1O[C@H](C(=O)O)[C@@H](O)[C@H](O)[C@H]1O. The average molecular weight is 487 g/mol. The Hall–Kier alpha value is -0.970. The highest BCUT2D eigenvalue weighted by Gasteiger charge is 2.48. The number of hydrogen-bond donors (Lipinski definition) is 8. The first-order chi connectivity index (χ1) is 14.9. The van der Waals surface area contributed by atoms with Gasteiger partial charge in [-0.3, -0.25) is 0 Å². The van der Waals surface area contributed by atoms with Crippen molar-refractivity contribution in [3.8, 4) is 0 Å². The lowest BCUT2D eigenvalue weighted by Crippen LogP contribution is -2.61. The van der Waals surface area contributed by atoms with Crippen LogP contribution >= 0.6 is 0 Å². The molecule has 0 aliphatic carbocycles. The van der Waals surface area contributed by atoms with Gasteiger partial charge < -0.3 is 59.8 Å². The van der Waals surface area contributed by atoms with Crippen molar-refractivity contribution < 1.29 is 64.6 Å². The summed E-state index contributed by atoms with van der Waals surface area (Å²) in [5.41, 5.74) is -1.25. The molecular formula is C20H38O13. The predicted octanol–water partition coefficient (Wildman–Crippen LogP) is -2.70. The van der Waals surface area contributed by atoms with Crippen LogP contribution in [0.1, 0.15) is 41.5 Å². The number of ether oxygens (including phenoxy) is 4. The fraction of sp³-hybridized carbons (Fsp3) is 0.950. The number of hydrogen-bond acceptors (Lipinski definition) is 12. The van der Waals surface area contributed by atoms with Crippen molar-refractivity contribution in [2.24, 2.45) is 0 Å². The summed E-state index contributed by atoms with van der Waals surface area (Å²) in [6, 6.07) is 0. The molecule has 1 unspecified atom stereocenters. The van der Waals surface area contributed by atoms with Crippen LogP contribution in [0.3, 0.4) is 0 Å². The number of carboxylic acid groups (broad SMARTS) is 1. The minimum Gasteiger partial charge on any atom is -0.479 e. The number of carboxylic acids is 1. The zero-order valence-electron chi connectivity index (χ0n) is 19.6. The van der Waals surface area contributed by atoms with Gasteiger partial charge in [0.15, 0.2) is 18.7 Å². The number of rotatable bonds is 4. The molecule has 10 atom stereocenters. The van der Waals surface area contributed by atoms with E-state index in [2.05, 4.69) is 0 Å². The van der Waals surface area contributed by atoms with E-state index in [0.717, 1.165) is 0 Å². The number of aliphatic carboxylic acids is 1. The maximum absolute atomic E-state index is 10.8. The van der Waals surface area contributed by atoms with Gasteiger partial charge in [-0.05, 0) is 41.5 Å². The Balaban J connectivity index is 0.000000331. The van der Waals surface area contributed by atoms with Crippen LogP contribution in [0.2, 0.25) is 0 Å². The van der Waals surface area contributed by atoms with Crippen LogP contribution in [0, 0.1) is 0 Å². The zero-order chi connectivity index (χ0) is 25.9. The highest BCUT2D eigenvalue weighted by Crippen LogP contribution is 2.26. The van der Waals surface area contributed by atoms with E-state index in [9.17, 15) is 35.4 Å². The van der Waals surface area contributed by atoms with Crippen molar-refractivity contribution in [1.29, 1.82) is 0 Å². The van der Waals surface area contributed by atoms with Crippen LogP contribution in [0.4, 0.5) is 0 Å². The fourth-order valence-corrected chi connectivity index (χ4v) is 3.01. The maximum atomic E-state index is 10.8. The van der Waals surface area contributed by atoms with Crippen molar-refractivity contribution in [2.75, 3.05) is 6.61 Å². The van der Waals surface area contributed by atoms with Crippen LogP contribution in [0.25, 0.3) is 0 Å². The van der Waals surface area contributed by atoms with E-state index >= 15 is 0 Å². The highest BCUT2D eigenvalue weighted by molar-refractivity contribution is 5.73. The number of carbonyl (C=O) groups is 1. The normalized spacial score (nSPS) is 40.0. The van der Waals surface area contributed by atoms with Gasteiger partial charge in [-0.15, -0.1) is 0 Å². The van der Waals surface area contributed by atoms with E-state index in [1.165, 1.54) is 0 Å². The molecular weight excluding hydrogens is 448 g/mol. The smallest absolute Gasteiger partial charge is 0.335 e. The molecule has 0 radical (unpaired) electrons. The molecule has 33 heavy (non-hydrogen) atoms. The summed E-state index contributed by atoms with van der Waals surface area (Å²) in [6.07, 6.45) is -13.8. The lowest BCUT2D eigenvalue weighted by Gasteiger charge is -2.41. The number of aliphatic hydroxyl groups is 7. The van der Waals surface area contributed by atoms with Crippen LogP contribution in [-0.4, -0.2) is 126 Å². The third-order valence-corrected chi connectivity index (χ3v) is 4.60. The zero-order valence-corrected chi connectivity index (χ0v) is 19.6. The van der Waals surface area contributed by atoms with E-state index in [-0.39, 0.29) is 0 Å². The minimum atomic E-state index is -1.69. The molecule has 0 aromatic rings. The molecule has 2 rings (SSSR count). The monoisotopic (exact) mass is 486 g/mol. The molecule has 13 nitrogen and oxygen atoms in total. The molecule has 2 saturated heterocycles. The summed E-state index contributed by atoms with van der Waals surface area (Å²) < 4.78 is 20.8. The quantitative estimate of drug-likeness (QED) is 0.203. The van der Waals surface area contributed by atoms with Gasteiger partial charge in [0.1, 0.15) is 42.7 Å². The van der Waals surface area contributed by atoms with Crippen molar-refractivity contribution in [1.82, 2.24) is 0 Å². The first-order valence-electron chi connectivity index (χ1n) is 10.5. The summed E-state index contributed by atoms with van der Waals surface area (Å²) in [5, 5.41) is 75.0. The first kappa shape index (κ1) is 30.1. The molecule has 0 aromatic carbocycles. The van der Waals surface area contributed by atoms with Crippen molar-refractivity contribution in [3.05, 3.63) is 0 Å². The molecule has 0 saturated carbocycles. The maximum Gasteiger partial charge on any atom is 0.335 e. The summed E-state index contributed by atoms with van der Waals surface area (Å²) in [5.74, 6) is -1.43. The molecule has 2 aliphatic rings. The molecule has 13 heteroatoms. The Morgan fingerprint density at radius 3 is 1.45 bits per heavy atom. The van der Waals surface area contributed by atoms with Crippen LogP contribution in [0.5, 0.6) is 0 Å². The molecule has 2 fully saturated rings. The summed E-state index contributed by atoms with van der Waals surface area (Å²) >= 11 is 0. The molecule has 0 aromatic heterocycles. The highest BCUT2D eigenvalue weighted by atomic mass is 16.7. The lowest BCUT2D eigenvalue weighted by molar-refractivity contribution is -0.320. The van der Waals surface area contributed by atoms with Gasteiger partial charge in [0.25, 0.3) is 0 Å². The second-order valence-electron chi connectivity index (χ2n) is 9.89. The molecule has 196 valence electrons. The van der Waals surface area contributed by atoms with E-state index < -0.39 is 85.2 Å². The minimum absolute atomic E-state index is 0.449. The van der Waals surface area contributed by atoms with E-state index in [1.807, 2.05) is 0 Å². The Kier molecular flexibility index (Phi) is 10.6. The molecule has 0 amide bonds. The standard InChI is InChI=1S/C10H18O7.C10H20O6/c1-10(2,3)17-9-6(13)4(11)5(12)7(16-9)8(14)15;1-10(2,3)16-9-8(14)7(13)6(12)5(4-11)15-9/h4-7,9,11-13H,1-3H3,(H,14,15);5-9,11-14H,4H2,1-3H3/t4-,5-,6+,7-,9-;5-,6-,7+,8-,9?/m01/s1. The van der Waals surface area contributed by atoms with Gasteiger partial charge in [-0.25, -0.2) is 4.79 Å². The Morgan fingerprint density at radius 1 is 0.697 bits per heavy atom. The second kappa shape index (κ2) is 11.6. The van der Waals surface area contributed by atoms with E-state index in [4.69, 9.17) is 29.2 Å². The third kappa shape index (κ3) is 8.64. The summed E-state index contributed by atoms with van der Waals surface area (Å²) in [6.45, 7) is 9.94. The first-order valence-corrected chi connectivity index (χ1v) is 10.5. The Labute approximate surface area is 192 Å². The summed E-state index contributed by atoms with van der Waals surface area (Å²) in [4.78, 5) is 10.8. The van der Waals surface area contributed by atoms with Crippen LogP contribution < -0.4 is 0 Å². The van der Waals surface area contributed by atoms with Gasteiger partial charge >= 0.3 is 5.97 Å². The summed E-state index contributed by atoms with van der Waals surface area (Å²) in [7, 11) is 0. The lowest BCUT2D eigenvalue weighted by atomic mass is 9.98. The Bertz CT molecular complexity index is 614. The van der Waals surface area contributed by atoms with E-state index in [1.54, 1.807) is 41.5 Å². The average Bonchev–Trinajstić information content (AvgIpc) is 2.67. The van der Waals surface area contributed by atoms with E-state index in [0.29, 0.717) is 0 Å². The molecule has 2 aliphatic heterocycles. The molecule has 2 heterocycles. The van der Waals surface area contributed by atoms with Crippen molar-refractivity contribution in [3.63, 3.8) is 0 Å². The molecule has 0 bridgehead atoms. The molecule has 0 spiro atoms. The fourth-order valence-electron chi connectivity index (χ4n) is 3.01. The van der Waals surface area contributed by atoms with Crippen molar-refractivity contribution >= 4 is 5.97 Å². The van der Waals surface area contributed by atoms with Gasteiger partial charge in [0.05, 0.1) is 17.8 Å². The van der Waals surface area contributed by atoms with Gasteiger partial charge in [-0.1, -0.05) is 0 Å². The largest absolute Gasteiger partial charge is 0.479 e. The predicted molar refractivity (Wildman–Crippen MR) is 110 cm³/mol. The topological polar surface area (TPSA) is 216 Å². The van der Waals surface area contributed by atoms with Crippen molar-refractivity contribution in [2.45, 2.75) is 114 Å². The third-order valence-electron chi connectivity index (χ3n) is 4.60. The second-order valence-corrected chi connectivity index (χ2v) is 9.89. The molecule has 8 N–H and O–H groups in total.